The smallest absolute Gasteiger partial charge is 0.286 e. The molecule has 0 saturated carbocycles. The molecule has 3 aromatic rings. The van der Waals surface area contributed by atoms with Gasteiger partial charge in [0.05, 0.1) is 6.04 Å². The molecule has 1 aromatic heterocycles. The molecule has 1 N–H and O–H groups in total. The largest absolute Gasteiger partial charge is 0.320 e. The van der Waals surface area contributed by atoms with Crippen molar-refractivity contribution >= 4 is 44.6 Å². The zero-order valence-electron chi connectivity index (χ0n) is 15.8. The maximum absolute atomic E-state index is 14.1. The van der Waals surface area contributed by atoms with Crippen LogP contribution in [0.25, 0.3) is 0 Å². The number of carbonyl (C=O) groups excluding carboxylic acids is 1. The van der Waals surface area contributed by atoms with Gasteiger partial charge in [-0.2, -0.15) is 4.31 Å². The van der Waals surface area contributed by atoms with E-state index in [1.807, 2.05) is 0 Å². The highest BCUT2D eigenvalue weighted by atomic mass is 35.5. The van der Waals surface area contributed by atoms with Crippen LogP contribution in [0.15, 0.2) is 47.4 Å². The molecule has 12 heteroatoms. The second-order valence-corrected chi connectivity index (χ2v) is 10.1. The molecule has 0 bridgehead atoms. The first-order valence-electron chi connectivity index (χ1n) is 9.13. The zero-order valence-corrected chi connectivity index (χ0v) is 18.1. The van der Waals surface area contributed by atoms with Gasteiger partial charge in [-0.25, -0.2) is 17.2 Å². The Bertz CT molecular complexity index is 1250. The van der Waals surface area contributed by atoms with Gasteiger partial charge >= 0.3 is 0 Å². The molecule has 0 radical (unpaired) electrons. The fourth-order valence-electron chi connectivity index (χ4n) is 3.30. The zero-order chi connectivity index (χ0) is 22.2. The molecule has 2 aromatic carbocycles. The second kappa shape index (κ2) is 8.58. The summed E-state index contributed by atoms with van der Waals surface area (Å²) in [6.45, 7) is 0.146. The standard InChI is InChI=1S/C19H15ClF2N4O3S2/c20-11-3-1-4-13(9-11)23-17(27)19-25-24-18(30-19)15-5-2-8-26(15)31(28,29)16-7-6-12(21)10-14(16)22/h1,3-4,6-7,9-10,15H,2,5,8H2,(H,23,27). The first-order chi connectivity index (χ1) is 14.8. The maximum atomic E-state index is 14.1. The Morgan fingerprint density at radius 2 is 2.00 bits per heavy atom. The molecule has 162 valence electrons. The average molecular weight is 485 g/mol. The lowest BCUT2D eigenvalue weighted by Crippen LogP contribution is -2.31. The van der Waals surface area contributed by atoms with E-state index in [4.69, 9.17) is 11.6 Å². The van der Waals surface area contributed by atoms with Crippen molar-refractivity contribution in [3.63, 3.8) is 0 Å². The summed E-state index contributed by atoms with van der Waals surface area (Å²) < 4.78 is 54.4. The van der Waals surface area contributed by atoms with E-state index in [9.17, 15) is 22.0 Å². The Hall–Kier alpha value is -2.47. The van der Waals surface area contributed by atoms with Gasteiger partial charge in [-0.1, -0.05) is 29.0 Å². The number of carbonyl (C=O) groups is 1. The predicted molar refractivity (Wildman–Crippen MR) is 112 cm³/mol. The van der Waals surface area contributed by atoms with Crippen LogP contribution >= 0.6 is 22.9 Å². The quantitative estimate of drug-likeness (QED) is 0.584. The molecule has 1 saturated heterocycles. The molecule has 0 aliphatic carbocycles. The van der Waals surface area contributed by atoms with Crippen molar-refractivity contribution in [3.05, 3.63) is 69.1 Å². The molecule has 2 heterocycles. The number of aromatic nitrogens is 2. The molecular formula is C19H15ClF2N4O3S2. The molecule has 1 amide bonds. The second-order valence-electron chi connectivity index (χ2n) is 6.76. The molecular weight excluding hydrogens is 470 g/mol. The number of hydrogen-bond donors (Lipinski definition) is 1. The lowest BCUT2D eigenvalue weighted by atomic mass is 10.2. The summed E-state index contributed by atoms with van der Waals surface area (Å²) >= 11 is 6.86. The third kappa shape index (κ3) is 4.45. The van der Waals surface area contributed by atoms with Crippen LogP contribution in [0.3, 0.4) is 0 Å². The summed E-state index contributed by atoms with van der Waals surface area (Å²) in [4.78, 5) is 11.9. The molecule has 7 nitrogen and oxygen atoms in total. The predicted octanol–water partition coefficient (Wildman–Crippen LogP) is 4.25. The highest BCUT2D eigenvalue weighted by Crippen LogP contribution is 2.38. The summed E-state index contributed by atoms with van der Waals surface area (Å²) in [5, 5.41) is 11.3. The van der Waals surface area contributed by atoms with Crippen LogP contribution in [-0.4, -0.2) is 35.4 Å². The van der Waals surface area contributed by atoms with E-state index >= 15 is 0 Å². The highest BCUT2D eigenvalue weighted by Gasteiger charge is 2.39. The van der Waals surface area contributed by atoms with Crippen molar-refractivity contribution in [2.45, 2.75) is 23.8 Å². The fourth-order valence-corrected chi connectivity index (χ4v) is 6.15. The van der Waals surface area contributed by atoms with Gasteiger partial charge in [0, 0.05) is 23.3 Å². The highest BCUT2D eigenvalue weighted by molar-refractivity contribution is 7.89. The summed E-state index contributed by atoms with van der Waals surface area (Å²) in [6.07, 6.45) is 0.961. The van der Waals surface area contributed by atoms with E-state index in [1.54, 1.807) is 24.3 Å². The van der Waals surface area contributed by atoms with Crippen molar-refractivity contribution in [1.82, 2.24) is 14.5 Å². The number of sulfonamides is 1. The molecule has 1 unspecified atom stereocenters. The van der Waals surface area contributed by atoms with Gasteiger partial charge in [-0.3, -0.25) is 4.79 Å². The Morgan fingerprint density at radius 3 is 2.74 bits per heavy atom. The lowest BCUT2D eigenvalue weighted by molar-refractivity contribution is 0.102. The number of nitrogens with one attached hydrogen (secondary N) is 1. The van der Waals surface area contributed by atoms with Gasteiger partial charge in [-0.15, -0.1) is 10.2 Å². The van der Waals surface area contributed by atoms with E-state index in [2.05, 4.69) is 15.5 Å². The summed E-state index contributed by atoms with van der Waals surface area (Å²) in [5.41, 5.74) is 0.478. The monoisotopic (exact) mass is 484 g/mol. The third-order valence-electron chi connectivity index (χ3n) is 4.69. The Kier molecular flexibility index (Phi) is 6.02. The van der Waals surface area contributed by atoms with E-state index in [0.717, 1.165) is 27.8 Å². The summed E-state index contributed by atoms with van der Waals surface area (Å²) in [5.74, 6) is -2.54. The minimum absolute atomic E-state index is 0.0483. The first-order valence-corrected chi connectivity index (χ1v) is 11.8. The van der Waals surface area contributed by atoms with E-state index < -0.39 is 38.5 Å². The molecule has 1 aliphatic heterocycles. The fraction of sp³-hybridized carbons (Fsp3) is 0.211. The maximum Gasteiger partial charge on any atom is 0.286 e. The number of amides is 1. The molecule has 1 fully saturated rings. The van der Waals surface area contributed by atoms with Crippen LogP contribution in [0.4, 0.5) is 14.5 Å². The van der Waals surface area contributed by atoms with Crippen molar-refractivity contribution in [2.24, 2.45) is 0 Å². The van der Waals surface area contributed by atoms with Crippen LogP contribution in [0.2, 0.25) is 5.02 Å². The number of halogens is 3. The minimum atomic E-state index is -4.23. The number of anilines is 1. The Morgan fingerprint density at radius 1 is 1.19 bits per heavy atom. The van der Waals surface area contributed by atoms with Crippen molar-refractivity contribution in [3.8, 4) is 0 Å². The third-order valence-corrected chi connectivity index (χ3v) is 7.89. The number of benzene rings is 2. The van der Waals surface area contributed by atoms with Crippen molar-refractivity contribution in [2.75, 3.05) is 11.9 Å². The van der Waals surface area contributed by atoms with Crippen LogP contribution in [0, 0.1) is 11.6 Å². The summed E-state index contributed by atoms with van der Waals surface area (Å²) in [6, 6.07) is 8.21. The van der Waals surface area contributed by atoms with Crippen LogP contribution in [-0.2, 0) is 10.0 Å². The van der Waals surface area contributed by atoms with Gasteiger partial charge in [0.2, 0.25) is 15.0 Å². The Labute approximate surface area is 185 Å². The SMILES string of the molecule is O=C(Nc1cccc(Cl)c1)c1nnc(C2CCCN2S(=O)(=O)c2ccc(F)cc2F)s1. The molecule has 31 heavy (non-hydrogen) atoms. The normalized spacial score (nSPS) is 17.1. The first kappa shape index (κ1) is 21.8. The molecule has 1 atom stereocenters. The van der Waals surface area contributed by atoms with Gasteiger partial charge in [0.15, 0.2) is 0 Å². The van der Waals surface area contributed by atoms with E-state index in [1.165, 1.54) is 0 Å². The van der Waals surface area contributed by atoms with Gasteiger partial charge in [-0.05, 0) is 43.2 Å². The van der Waals surface area contributed by atoms with E-state index in [0.29, 0.717) is 34.6 Å². The molecule has 1 aliphatic rings. The van der Waals surface area contributed by atoms with Crippen molar-refractivity contribution < 1.29 is 22.0 Å². The van der Waals surface area contributed by atoms with Gasteiger partial charge in [0.1, 0.15) is 21.5 Å². The minimum Gasteiger partial charge on any atom is -0.320 e. The lowest BCUT2D eigenvalue weighted by Gasteiger charge is -2.22. The average Bonchev–Trinajstić information content (AvgIpc) is 3.37. The van der Waals surface area contributed by atoms with Crippen molar-refractivity contribution in [1.29, 1.82) is 0 Å². The van der Waals surface area contributed by atoms with Crippen LogP contribution in [0.5, 0.6) is 0 Å². The number of nitrogens with zero attached hydrogens (tertiary/aromatic N) is 3. The summed E-state index contributed by atoms with van der Waals surface area (Å²) in [7, 11) is -4.23. The topological polar surface area (TPSA) is 92.3 Å². The van der Waals surface area contributed by atoms with E-state index in [-0.39, 0.29) is 11.6 Å². The number of hydrogen-bond acceptors (Lipinski definition) is 6. The number of rotatable bonds is 5. The van der Waals surface area contributed by atoms with Crippen LogP contribution < -0.4 is 5.32 Å². The van der Waals surface area contributed by atoms with Gasteiger partial charge < -0.3 is 5.32 Å². The van der Waals surface area contributed by atoms with Gasteiger partial charge in [0.25, 0.3) is 5.91 Å². The molecule has 0 spiro atoms. The Balaban J connectivity index is 1.57. The molecule has 4 rings (SSSR count). The van der Waals surface area contributed by atoms with Crippen LogP contribution in [0.1, 0.15) is 33.7 Å².